The zero-order valence-electron chi connectivity index (χ0n) is 11.7. The summed E-state index contributed by atoms with van der Waals surface area (Å²) in [6.45, 7) is 8.19. The number of nitrogens with zero attached hydrogens (tertiary/aromatic N) is 2. The normalized spacial score (nSPS) is 36.3. The molecule has 1 aliphatic heterocycles. The third-order valence-corrected chi connectivity index (χ3v) is 5.17. The maximum absolute atomic E-state index is 4.41. The van der Waals surface area contributed by atoms with E-state index in [-0.39, 0.29) is 0 Å². The van der Waals surface area contributed by atoms with E-state index in [0.717, 1.165) is 24.9 Å². The molecule has 2 heterocycles. The highest BCUT2D eigenvalue weighted by Gasteiger charge is 2.34. The van der Waals surface area contributed by atoms with E-state index in [4.69, 9.17) is 0 Å². The smallest absolute Gasteiger partial charge is 0.0948 e. The molecule has 3 rings (SSSR count). The van der Waals surface area contributed by atoms with E-state index in [9.17, 15) is 0 Å². The van der Waals surface area contributed by atoms with Crippen LogP contribution in [0.25, 0.3) is 0 Å². The molecule has 3 nitrogen and oxygen atoms in total. The Morgan fingerprint density at radius 2 is 2.39 bits per heavy atom. The molecule has 2 fully saturated rings. The molecule has 1 saturated carbocycles. The third kappa shape index (κ3) is 2.09. The van der Waals surface area contributed by atoms with Gasteiger partial charge in [0.05, 0.1) is 6.33 Å². The summed E-state index contributed by atoms with van der Waals surface area (Å²) in [5.74, 6) is 1.74. The fraction of sp³-hybridized carbons (Fsp3) is 0.800. The molecule has 1 saturated heterocycles. The van der Waals surface area contributed by atoms with Crippen LogP contribution >= 0.6 is 0 Å². The Bertz CT molecular complexity index is 404. The first-order chi connectivity index (χ1) is 8.69. The van der Waals surface area contributed by atoms with Crippen molar-refractivity contribution >= 4 is 0 Å². The fourth-order valence-electron chi connectivity index (χ4n) is 3.75. The SMILES string of the molecule is CC1CCCC1Cn1cncc1C1(C)CCNC1. The average molecular weight is 247 g/mol. The lowest BCUT2D eigenvalue weighted by atomic mass is 9.86. The van der Waals surface area contributed by atoms with E-state index < -0.39 is 0 Å². The van der Waals surface area contributed by atoms with Gasteiger partial charge in [-0.1, -0.05) is 26.7 Å². The summed E-state index contributed by atoms with van der Waals surface area (Å²) < 4.78 is 2.43. The lowest BCUT2D eigenvalue weighted by Crippen LogP contribution is -2.29. The van der Waals surface area contributed by atoms with Crippen molar-refractivity contribution in [3.8, 4) is 0 Å². The first-order valence-corrected chi connectivity index (χ1v) is 7.40. The number of rotatable bonds is 3. The standard InChI is InChI=1S/C15H25N3/c1-12-4-3-5-13(12)9-18-11-17-8-14(18)15(2)6-7-16-10-15/h8,11-13,16H,3-7,9-10H2,1-2H3. The summed E-state index contributed by atoms with van der Waals surface area (Å²) in [4.78, 5) is 4.41. The number of hydrogen-bond donors (Lipinski definition) is 1. The Labute approximate surface area is 110 Å². The maximum Gasteiger partial charge on any atom is 0.0948 e. The summed E-state index contributed by atoms with van der Waals surface area (Å²) in [5.41, 5.74) is 1.73. The van der Waals surface area contributed by atoms with Crippen LogP contribution in [0.15, 0.2) is 12.5 Å². The summed E-state index contributed by atoms with van der Waals surface area (Å²) in [6.07, 6.45) is 9.59. The van der Waals surface area contributed by atoms with E-state index in [0.29, 0.717) is 5.41 Å². The number of hydrogen-bond acceptors (Lipinski definition) is 2. The fourth-order valence-corrected chi connectivity index (χ4v) is 3.75. The first kappa shape index (κ1) is 12.2. The van der Waals surface area contributed by atoms with Gasteiger partial charge >= 0.3 is 0 Å². The van der Waals surface area contributed by atoms with Crippen LogP contribution in [-0.2, 0) is 12.0 Å². The highest BCUT2D eigenvalue weighted by Crippen LogP contribution is 2.35. The van der Waals surface area contributed by atoms with Gasteiger partial charge in [0.15, 0.2) is 0 Å². The summed E-state index contributed by atoms with van der Waals surface area (Å²) in [6, 6.07) is 0. The van der Waals surface area contributed by atoms with Crippen molar-refractivity contribution in [2.75, 3.05) is 13.1 Å². The lowest BCUT2D eigenvalue weighted by Gasteiger charge is -2.26. The monoisotopic (exact) mass is 247 g/mol. The van der Waals surface area contributed by atoms with Gasteiger partial charge in [-0.3, -0.25) is 0 Å². The molecule has 0 bridgehead atoms. The van der Waals surface area contributed by atoms with Crippen LogP contribution in [0.3, 0.4) is 0 Å². The Morgan fingerprint density at radius 3 is 3.06 bits per heavy atom. The van der Waals surface area contributed by atoms with Crippen LogP contribution in [0.5, 0.6) is 0 Å². The van der Waals surface area contributed by atoms with Crippen LogP contribution in [0.2, 0.25) is 0 Å². The van der Waals surface area contributed by atoms with Crippen molar-refractivity contribution in [3.05, 3.63) is 18.2 Å². The average Bonchev–Trinajstić information content (AvgIpc) is 3.03. The van der Waals surface area contributed by atoms with E-state index in [1.54, 1.807) is 0 Å². The molecule has 18 heavy (non-hydrogen) atoms. The molecule has 3 atom stereocenters. The molecule has 2 aliphatic rings. The van der Waals surface area contributed by atoms with Gasteiger partial charge in [0.2, 0.25) is 0 Å². The molecule has 1 aliphatic carbocycles. The van der Waals surface area contributed by atoms with Crippen LogP contribution in [0.4, 0.5) is 0 Å². The summed E-state index contributed by atoms with van der Waals surface area (Å²) in [7, 11) is 0. The lowest BCUT2D eigenvalue weighted by molar-refractivity contribution is 0.346. The van der Waals surface area contributed by atoms with Gasteiger partial charge in [-0.05, 0) is 31.2 Å². The van der Waals surface area contributed by atoms with Gasteiger partial charge in [-0.25, -0.2) is 4.98 Å². The van der Waals surface area contributed by atoms with Crippen molar-refractivity contribution in [2.45, 2.75) is 51.5 Å². The topological polar surface area (TPSA) is 29.9 Å². The predicted molar refractivity (Wildman–Crippen MR) is 73.6 cm³/mol. The van der Waals surface area contributed by atoms with Crippen molar-refractivity contribution < 1.29 is 0 Å². The van der Waals surface area contributed by atoms with Gasteiger partial charge in [0.1, 0.15) is 0 Å². The third-order valence-electron chi connectivity index (χ3n) is 5.17. The Morgan fingerprint density at radius 1 is 1.50 bits per heavy atom. The Balaban J connectivity index is 1.79. The molecule has 1 aromatic heterocycles. The first-order valence-electron chi connectivity index (χ1n) is 7.40. The zero-order chi connectivity index (χ0) is 12.6. The predicted octanol–water partition coefficient (Wildman–Crippen LogP) is 2.57. The van der Waals surface area contributed by atoms with Gasteiger partial charge in [0.25, 0.3) is 0 Å². The van der Waals surface area contributed by atoms with Crippen molar-refractivity contribution in [2.24, 2.45) is 11.8 Å². The van der Waals surface area contributed by atoms with Gasteiger partial charge in [-0.2, -0.15) is 0 Å². The van der Waals surface area contributed by atoms with E-state index >= 15 is 0 Å². The number of nitrogens with one attached hydrogen (secondary N) is 1. The number of aromatic nitrogens is 2. The molecule has 0 spiro atoms. The molecule has 3 heteroatoms. The molecule has 0 aromatic carbocycles. The van der Waals surface area contributed by atoms with Crippen molar-refractivity contribution in [1.29, 1.82) is 0 Å². The maximum atomic E-state index is 4.41. The highest BCUT2D eigenvalue weighted by atomic mass is 15.1. The van der Waals surface area contributed by atoms with Gasteiger partial charge < -0.3 is 9.88 Å². The van der Waals surface area contributed by atoms with E-state index in [2.05, 4.69) is 34.9 Å². The van der Waals surface area contributed by atoms with Crippen molar-refractivity contribution in [3.63, 3.8) is 0 Å². The molecule has 0 amide bonds. The second-order valence-electron chi connectivity index (χ2n) is 6.59. The molecule has 100 valence electrons. The van der Waals surface area contributed by atoms with Gasteiger partial charge in [-0.15, -0.1) is 0 Å². The zero-order valence-corrected chi connectivity index (χ0v) is 11.7. The van der Waals surface area contributed by atoms with Crippen molar-refractivity contribution in [1.82, 2.24) is 14.9 Å². The molecular formula is C15H25N3. The minimum Gasteiger partial charge on any atom is -0.334 e. The van der Waals surface area contributed by atoms with E-state index in [1.807, 2.05) is 6.33 Å². The second-order valence-corrected chi connectivity index (χ2v) is 6.59. The highest BCUT2D eigenvalue weighted by molar-refractivity contribution is 5.17. The summed E-state index contributed by atoms with van der Waals surface area (Å²) >= 11 is 0. The second kappa shape index (κ2) is 4.69. The largest absolute Gasteiger partial charge is 0.334 e. The molecular weight excluding hydrogens is 222 g/mol. The molecule has 1 N–H and O–H groups in total. The quantitative estimate of drug-likeness (QED) is 0.889. The van der Waals surface area contributed by atoms with Crippen LogP contribution in [0.1, 0.15) is 45.2 Å². The number of imidazole rings is 1. The minimum atomic E-state index is 0.290. The van der Waals surface area contributed by atoms with Crippen LogP contribution in [0, 0.1) is 11.8 Å². The Hall–Kier alpha value is -0.830. The molecule has 0 radical (unpaired) electrons. The van der Waals surface area contributed by atoms with Crippen LogP contribution < -0.4 is 5.32 Å². The van der Waals surface area contributed by atoms with E-state index in [1.165, 1.54) is 37.9 Å². The Kier molecular flexibility index (Phi) is 3.18. The molecule has 1 aromatic rings. The minimum absolute atomic E-state index is 0.290. The summed E-state index contributed by atoms with van der Waals surface area (Å²) in [5, 5.41) is 3.49. The van der Waals surface area contributed by atoms with Gasteiger partial charge in [0, 0.05) is 30.4 Å². The van der Waals surface area contributed by atoms with Crippen LogP contribution in [-0.4, -0.2) is 22.6 Å². The molecule has 3 unspecified atom stereocenters.